The number of H-pyrrole nitrogens is 1. The average molecular weight is 1040 g/mol. The summed E-state index contributed by atoms with van der Waals surface area (Å²) in [7, 11) is -5.46. The van der Waals surface area contributed by atoms with Gasteiger partial charge in [-0.3, -0.25) is 18.9 Å². The number of aliphatic hydroxyl groups is 1. The number of ether oxygens (including phenoxy) is 6. The number of nitrogen functional groups attached to an aromatic ring is 1. The number of imidazole rings is 1. The van der Waals surface area contributed by atoms with Crippen molar-refractivity contribution in [3.05, 3.63) is 111 Å². The number of aromatic nitrogens is 6. The van der Waals surface area contributed by atoms with E-state index in [1.165, 1.54) is 17.0 Å². The summed E-state index contributed by atoms with van der Waals surface area (Å²) in [5.74, 6) is -1.57. The zero-order valence-corrected chi connectivity index (χ0v) is 46.3. The number of hydrogen-bond acceptors (Lipinski definition) is 15. The van der Waals surface area contributed by atoms with Gasteiger partial charge in [-0.2, -0.15) is 0 Å². The maximum absolute atomic E-state index is 14.2. The Morgan fingerprint density at radius 3 is 1.90 bits per heavy atom. The Balaban J connectivity index is 1.05. The molecule has 0 unspecified atom stereocenters. The van der Waals surface area contributed by atoms with Crippen LogP contribution in [-0.4, -0.2) is 112 Å². The number of rotatable bonds is 16. The number of fused-ring (bicyclic) bond motifs is 3. The summed E-state index contributed by atoms with van der Waals surface area (Å²) in [5.41, 5.74) is 7.18. The Bertz CT molecular complexity index is 2860. The predicted molar refractivity (Wildman–Crippen MR) is 281 cm³/mol. The smallest absolute Gasteiger partial charge is 0.330 e. The van der Waals surface area contributed by atoms with Crippen LogP contribution in [-0.2, 0) is 43.9 Å². The lowest BCUT2D eigenvalue weighted by molar-refractivity contribution is -0.205. The Morgan fingerprint density at radius 2 is 1.33 bits per heavy atom. The van der Waals surface area contributed by atoms with Crippen LogP contribution in [0, 0.1) is 0 Å². The van der Waals surface area contributed by atoms with Crippen LogP contribution in [0.2, 0.25) is 21.7 Å². The van der Waals surface area contributed by atoms with Crippen molar-refractivity contribution in [2.45, 2.75) is 185 Å². The Labute approximate surface area is 428 Å². The molecule has 0 bridgehead atoms. The molecule has 4 saturated heterocycles. The molecule has 0 spiro atoms. The molecule has 4 aliphatic heterocycles. The van der Waals surface area contributed by atoms with Crippen molar-refractivity contribution >= 4 is 50.1 Å². The van der Waals surface area contributed by atoms with Crippen molar-refractivity contribution in [1.82, 2.24) is 29.1 Å². The van der Waals surface area contributed by atoms with Crippen LogP contribution in [0.4, 0.5) is 5.82 Å². The summed E-state index contributed by atoms with van der Waals surface area (Å²) in [5, 5.41) is 13.9. The molecule has 9 atom stereocenters. The van der Waals surface area contributed by atoms with E-state index in [-0.39, 0.29) is 18.1 Å². The van der Waals surface area contributed by atoms with Crippen LogP contribution in [0.25, 0.3) is 17.2 Å². The van der Waals surface area contributed by atoms with Crippen molar-refractivity contribution in [2.75, 3.05) is 12.3 Å². The normalized spacial score (nSPS) is 26.5. The fourth-order valence-corrected chi connectivity index (χ4v) is 22.3. The SMILES string of the molecule is CC(C)[Si](OC[C@H]1O[C@@H](n2c(/C=C\[C@@H](O)[C@H]3O[C@@H](n4c(CO[Si](c5ccccc5)(c5ccccc5)C(C)(C)C)cc(=O)[nH]c4=O)[C@@H]4OC(C)(C)O[C@@H]43)nc3c(N)ncnc32)[C@@H]2OC(C)(C)O[C@@H]21)(C(C)C)C(C)C. The standard InChI is InChI=1S/C53H73N7O11Si2/c1-30(2)72(31(3)4,32(5)6)64-28-37-42-44(70-52(10,11)68-42)49(66-37)60-38(57-40-46(54)55-29-56-47(40)60)25-24-36(61)41-43-45(71-53(12,13)69-43)48(67-41)59-33(26-39(62)58-50(59)63)27-65-73(51(7,8)9,34-20-16-14-17-21-34)35-22-18-15-19-23-35/h14-26,29-32,36-37,41-45,48-49,61H,27-28H2,1-13H3,(H2,54,55,56)(H,58,62,63)/b25-24-/t36-,37-,41-,42-,43-,44-,45-,48-,49-/m1/s1. The molecule has 3 aromatic heterocycles. The van der Waals surface area contributed by atoms with E-state index in [2.05, 4.69) is 102 Å². The van der Waals surface area contributed by atoms with Crippen molar-refractivity contribution in [3.8, 4) is 0 Å². The molecule has 0 amide bonds. The number of aliphatic hydroxyl groups excluding tert-OH is 1. The van der Waals surface area contributed by atoms with Crippen molar-refractivity contribution in [1.29, 1.82) is 0 Å². The lowest BCUT2D eigenvalue weighted by Crippen LogP contribution is -2.66. The molecule has 4 N–H and O–H groups in total. The van der Waals surface area contributed by atoms with Gasteiger partial charge in [0.1, 0.15) is 54.9 Å². The molecule has 0 saturated carbocycles. The molecule has 394 valence electrons. The van der Waals surface area contributed by atoms with E-state index in [1.807, 2.05) is 50.2 Å². The molecule has 18 nitrogen and oxygen atoms in total. The third-order valence-corrected chi connectivity index (χ3v) is 26.2. The molecule has 2 aromatic carbocycles. The summed E-state index contributed by atoms with van der Waals surface area (Å²) >= 11 is 0. The van der Waals surface area contributed by atoms with E-state index >= 15 is 0 Å². The molecule has 7 heterocycles. The molecule has 0 aliphatic carbocycles. The van der Waals surface area contributed by atoms with E-state index in [0.29, 0.717) is 40.2 Å². The summed E-state index contributed by atoms with van der Waals surface area (Å²) < 4.78 is 57.2. The zero-order valence-electron chi connectivity index (χ0n) is 44.3. The van der Waals surface area contributed by atoms with Gasteiger partial charge in [-0.15, -0.1) is 0 Å². The third kappa shape index (κ3) is 9.55. The van der Waals surface area contributed by atoms with Crippen molar-refractivity contribution in [3.63, 3.8) is 0 Å². The molecule has 5 aromatic rings. The van der Waals surface area contributed by atoms with Gasteiger partial charge in [0, 0.05) is 6.07 Å². The number of nitrogens with zero attached hydrogens (tertiary/aromatic N) is 5. The minimum absolute atomic E-state index is 0.122. The number of anilines is 1. The molecule has 9 rings (SSSR count). The topological polar surface area (TPSA) is 219 Å². The highest BCUT2D eigenvalue weighted by Gasteiger charge is 2.60. The minimum atomic E-state index is -3.15. The number of nitrogens with one attached hydrogen (secondary N) is 1. The van der Waals surface area contributed by atoms with Crippen molar-refractivity contribution in [2.24, 2.45) is 0 Å². The first kappa shape index (κ1) is 53.1. The van der Waals surface area contributed by atoms with E-state index < -0.39 is 99.7 Å². The first-order valence-electron chi connectivity index (χ1n) is 25.5. The molecule has 4 fully saturated rings. The van der Waals surface area contributed by atoms with E-state index in [1.54, 1.807) is 30.6 Å². The molecule has 73 heavy (non-hydrogen) atoms. The lowest BCUT2D eigenvalue weighted by Gasteiger charge is -2.43. The van der Waals surface area contributed by atoms with Gasteiger partial charge in [0.05, 0.1) is 18.9 Å². The van der Waals surface area contributed by atoms with Gasteiger partial charge in [0.2, 0.25) is 0 Å². The molecule has 4 aliphatic rings. The van der Waals surface area contributed by atoms with Crippen LogP contribution < -0.4 is 27.4 Å². The van der Waals surface area contributed by atoms with Crippen LogP contribution in [0.3, 0.4) is 0 Å². The first-order chi connectivity index (χ1) is 34.4. The average Bonchev–Trinajstić information content (AvgIpc) is 4.10. The van der Waals surface area contributed by atoms with Gasteiger partial charge in [0.25, 0.3) is 13.9 Å². The van der Waals surface area contributed by atoms with E-state index in [0.717, 1.165) is 10.4 Å². The second-order valence-corrected chi connectivity index (χ2v) is 32.5. The minimum Gasteiger partial charge on any atom is -0.413 e. The first-order valence-corrected chi connectivity index (χ1v) is 29.5. The fraction of sp³-hybridized carbons (Fsp3) is 0.566. The van der Waals surface area contributed by atoms with E-state index in [4.69, 9.17) is 48.0 Å². The van der Waals surface area contributed by atoms with Gasteiger partial charge in [0.15, 0.2) is 49.3 Å². The van der Waals surface area contributed by atoms with Gasteiger partial charge in [-0.1, -0.05) is 123 Å². The summed E-state index contributed by atoms with van der Waals surface area (Å²) in [6, 6.07) is 21.5. The summed E-state index contributed by atoms with van der Waals surface area (Å²) in [6.07, 6.45) is -3.19. The lowest BCUT2D eigenvalue weighted by atomic mass is 10.0. The van der Waals surface area contributed by atoms with Gasteiger partial charge in [-0.25, -0.2) is 19.7 Å². The van der Waals surface area contributed by atoms with Crippen molar-refractivity contribution < 1.29 is 42.4 Å². The quantitative estimate of drug-likeness (QED) is 0.0907. The number of hydrogen-bond donors (Lipinski definition) is 3. The monoisotopic (exact) mass is 1040 g/mol. The second-order valence-electron chi connectivity index (χ2n) is 22.7. The maximum Gasteiger partial charge on any atom is 0.330 e. The molecule has 0 radical (unpaired) electrons. The fourth-order valence-electron chi connectivity index (χ4n) is 12.3. The van der Waals surface area contributed by atoms with Crippen LogP contribution >= 0.6 is 0 Å². The van der Waals surface area contributed by atoms with Crippen LogP contribution in [0.5, 0.6) is 0 Å². The second kappa shape index (κ2) is 19.8. The molecule has 20 heteroatoms. The summed E-state index contributed by atoms with van der Waals surface area (Å²) in [6.45, 7) is 27.4. The summed E-state index contributed by atoms with van der Waals surface area (Å²) in [4.78, 5) is 43.6. The Kier molecular flexibility index (Phi) is 14.4. The van der Waals surface area contributed by atoms with Gasteiger partial charge in [-0.05, 0) is 71.9 Å². The Hall–Kier alpha value is -4.72. The van der Waals surface area contributed by atoms with Crippen LogP contribution in [0.15, 0.2) is 88.7 Å². The largest absolute Gasteiger partial charge is 0.413 e. The van der Waals surface area contributed by atoms with E-state index in [9.17, 15) is 14.7 Å². The Morgan fingerprint density at radius 1 is 0.781 bits per heavy atom. The van der Waals surface area contributed by atoms with Gasteiger partial charge >= 0.3 is 5.69 Å². The van der Waals surface area contributed by atoms with Crippen LogP contribution in [0.1, 0.15) is 114 Å². The highest BCUT2D eigenvalue weighted by Crippen LogP contribution is 2.48. The van der Waals surface area contributed by atoms with Gasteiger partial charge < -0.3 is 48.1 Å². The highest BCUT2D eigenvalue weighted by molar-refractivity contribution is 6.99. The zero-order chi connectivity index (χ0) is 52.6. The highest BCUT2D eigenvalue weighted by atomic mass is 28.4. The predicted octanol–water partition coefficient (Wildman–Crippen LogP) is 6.44. The number of benzene rings is 2. The molecular weight excluding hydrogens is 967 g/mol. The molecular formula is C53H73N7O11Si2. The third-order valence-electron chi connectivity index (χ3n) is 15.1. The number of aromatic amines is 1. The number of nitrogens with two attached hydrogens (primary N) is 1. The maximum atomic E-state index is 14.2.